The van der Waals surface area contributed by atoms with Gasteiger partial charge in [-0.05, 0) is 20.0 Å². The molecule has 1 saturated heterocycles. The molecule has 6 nitrogen and oxygen atoms in total. The molecule has 0 spiro atoms. The lowest BCUT2D eigenvalue weighted by Gasteiger charge is -2.51. The average molecular weight is 372 g/mol. The molecule has 0 aliphatic carbocycles. The summed E-state index contributed by atoms with van der Waals surface area (Å²) in [6.45, 7) is 10.5. The molecular weight excluding hydrogens is 347 g/mol. The van der Waals surface area contributed by atoms with Crippen molar-refractivity contribution in [3.63, 3.8) is 0 Å². The standard InChI is InChI=1S/C14H25F3NO5Si/c1-8-10(19)9(18-11(20)14(15,16)17)7-13(21-8,12(2,3)4)22-23-24(5)6/h8-10,19H,7H2,1-6H3,(H,18,20)/t8-,9-,10+,13?/m0/s1. The van der Waals surface area contributed by atoms with Gasteiger partial charge in [0, 0.05) is 11.8 Å². The van der Waals surface area contributed by atoms with Crippen LogP contribution in [-0.4, -0.2) is 50.3 Å². The molecule has 0 aromatic carbocycles. The molecule has 0 bridgehead atoms. The van der Waals surface area contributed by atoms with Gasteiger partial charge in [-0.1, -0.05) is 20.8 Å². The Bertz CT molecular complexity index is 455. The second-order valence-electron chi connectivity index (χ2n) is 7.17. The van der Waals surface area contributed by atoms with E-state index in [1.54, 1.807) is 20.8 Å². The van der Waals surface area contributed by atoms with Crippen LogP contribution in [0.4, 0.5) is 13.2 Å². The summed E-state index contributed by atoms with van der Waals surface area (Å²) in [6.07, 6.45) is -7.38. The molecule has 0 aromatic heterocycles. The molecule has 1 rings (SSSR count). The maximum atomic E-state index is 12.5. The third-order valence-electron chi connectivity index (χ3n) is 3.82. The maximum Gasteiger partial charge on any atom is 0.471 e. The number of aliphatic hydroxyl groups excluding tert-OH is 1. The summed E-state index contributed by atoms with van der Waals surface area (Å²) in [7, 11) is -1.26. The highest BCUT2D eigenvalue weighted by Gasteiger charge is 2.55. The summed E-state index contributed by atoms with van der Waals surface area (Å²) in [6, 6.07) is -1.19. The van der Waals surface area contributed by atoms with Crippen LogP contribution < -0.4 is 5.32 Å². The quantitative estimate of drug-likeness (QED) is 0.449. The molecule has 24 heavy (non-hydrogen) atoms. The second-order valence-corrected chi connectivity index (χ2v) is 9.16. The number of aliphatic hydroxyl groups is 1. The molecule has 1 aliphatic heterocycles. The predicted molar refractivity (Wildman–Crippen MR) is 81.0 cm³/mol. The lowest BCUT2D eigenvalue weighted by atomic mass is 9.78. The van der Waals surface area contributed by atoms with Gasteiger partial charge in [-0.25, -0.2) is 4.89 Å². The van der Waals surface area contributed by atoms with E-state index in [1.165, 1.54) is 6.92 Å². The minimum atomic E-state index is -5.04. The second kappa shape index (κ2) is 7.28. The molecule has 141 valence electrons. The Morgan fingerprint density at radius 3 is 2.29 bits per heavy atom. The largest absolute Gasteiger partial charge is 0.471 e. The van der Waals surface area contributed by atoms with Crippen molar-refractivity contribution in [3.8, 4) is 0 Å². The first-order valence-corrected chi connectivity index (χ1v) is 10.00. The lowest BCUT2D eigenvalue weighted by Crippen LogP contribution is -2.65. The van der Waals surface area contributed by atoms with Crippen molar-refractivity contribution in [3.05, 3.63) is 0 Å². The van der Waals surface area contributed by atoms with E-state index in [0.29, 0.717) is 0 Å². The highest BCUT2D eigenvalue weighted by molar-refractivity contribution is 6.48. The molecule has 1 radical (unpaired) electrons. The zero-order valence-corrected chi connectivity index (χ0v) is 15.7. The van der Waals surface area contributed by atoms with Gasteiger partial charge in [0.1, 0.15) is 6.10 Å². The Labute approximate surface area is 141 Å². The van der Waals surface area contributed by atoms with Crippen molar-refractivity contribution >= 4 is 14.9 Å². The lowest BCUT2D eigenvalue weighted by molar-refractivity contribution is -0.442. The van der Waals surface area contributed by atoms with Crippen molar-refractivity contribution in [2.45, 2.75) is 77.4 Å². The van der Waals surface area contributed by atoms with Crippen LogP contribution in [0.2, 0.25) is 13.1 Å². The van der Waals surface area contributed by atoms with E-state index < -0.39 is 50.6 Å². The van der Waals surface area contributed by atoms with Gasteiger partial charge in [0.25, 0.3) is 9.04 Å². The molecule has 0 aromatic rings. The number of hydrogen-bond acceptors (Lipinski definition) is 5. The van der Waals surface area contributed by atoms with E-state index in [2.05, 4.69) is 0 Å². The Kier molecular flexibility index (Phi) is 6.48. The van der Waals surface area contributed by atoms with Gasteiger partial charge in [-0.15, -0.1) is 0 Å². The monoisotopic (exact) mass is 372 g/mol. The number of hydrogen-bond donors (Lipinski definition) is 2. The summed E-state index contributed by atoms with van der Waals surface area (Å²) >= 11 is 0. The van der Waals surface area contributed by atoms with Crippen LogP contribution in [0.1, 0.15) is 34.1 Å². The topological polar surface area (TPSA) is 77.0 Å². The molecule has 1 fully saturated rings. The van der Waals surface area contributed by atoms with Crippen molar-refractivity contribution in [2.75, 3.05) is 0 Å². The average Bonchev–Trinajstić information content (AvgIpc) is 2.39. The Morgan fingerprint density at radius 2 is 1.88 bits per heavy atom. The van der Waals surface area contributed by atoms with E-state index >= 15 is 0 Å². The number of carbonyl (C=O) groups excluding carboxylic acids is 1. The Balaban J connectivity index is 3.07. The number of alkyl halides is 3. The maximum absolute atomic E-state index is 12.5. The van der Waals surface area contributed by atoms with Gasteiger partial charge >= 0.3 is 12.1 Å². The Hall–Kier alpha value is -0.683. The Morgan fingerprint density at radius 1 is 1.33 bits per heavy atom. The smallest absolute Gasteiger partial charge is 0.388 e. The van der Waals surface area contributed by atoms with Gasteiger partial charge in [-0.2, -0.15) is 13.2 Å². The fourth-order valence-electron chi connectivity index (χ4n) is 2.35. The number of halogens is 3. The van der Waals surface area contributed by atoms with E-state index in [-0.39, 0.29) is 6.42 Å². The molecule has 2 N–H and O–H groups in total. The zero-order valence-electron chi connectivity index (χ0n) is 14.7. The van der Waals surface area contributed by atoms with Crippen molar-refractivity contribution in [1.82, 2.24) is 5.32 Å². The van der Waals surface area contributed by atoms with E-state index in [9.17, 15) is 23.1 Å². The molecule has 1 heterocycles. The SMILES string of the molecule is C[C@@H]1OC(OO[Si](C)C)(C(C)(C)C)C[C@H](NC(=O)C(F)(F)F)[C@@H]1O. The highest BCUT2D eigenvalue weighted by atomic mass is 28.3. The summed E-state index contributed by atoms with van der Waals surface area (Å²) in [5.74, 6) is -3.52. The fourth-order valence-corrected chi connectivity index (χ4v) is 2.66. The van der Waals surface area contributed by atoms with Crippen molar-refractivity contribution in [2.24, 2.45) is 5.41 Å². The summed E-state index contributed by atoms with van der Waals surface area (Å²) in [5, 5.41) is 12.0. The van der Waals surface area contributed by atoms with Crippen molar-refractivity contribution in [1.29, 1.82) is 0 Å². The van der Waals surface area contributed by atoms with Gasteiger partial charge in [0.15, 0.2) is 0 Å². The minimum Gasteiger partial charge on any atom is -0.388 e. The van der Waals surface area contributed by atoms with E-state index in [1.807, 2.05) is 18.4 Å². The molecule has 1 aliphatic rings. The summed E-state index contributed by atoms with van der Waals surface area (Å²) < 4.78 is 48.7. The molecule has 1 amide bonds. The highest BCUT2D eigenvalue weighted by Crippen LogP contribution is 2.44. The van der Waals surface area contributed by atoms with Crippen LogP contribution in [-0.2, 0) is 19.0 Å². The van der Waals surface area contributed by atoms with Crippen LogP contribution in [0.15, 0.2) is 0 Å². The fraction of sp³-hybridized carbons (Fsp3) is 0.929. The molecule has 10 heteroatoms. The van der Waals surface area contributed by atoms with Crippen LogP contribution in [0.3, 0.4) is 0 Å². The van der Waals surface area contributed by atoms with Gasteiger partial charge in [0.05, 0.1) is 12.1 Å². The first-order valence-electron chi connectivity index (χ1n) is 7.59. The third kappa shape index (κ3) is 4.91. The number of nitrogens with one attached hydrogen (secondary N) is 1. The summed E-state index contributed by atoms with van der Waals surface area (Å²) in [5.41, 5.74) is -0.681. The first-order chi connectivity index (χ1) is 10.7. The number of ether oxygens (including phenoxy) is 1. The van der Waals surface area contributed by atoms with Gasteiger partial charge in [0.2, 0.25) is 5.79 Å². The molecule has 4 atom stereocenters. The van der Waals surface area contributed by atoms with E-state index in [0.717, 1.165) is 0 Å². The van der Waals surface area contributed by atoms with Crippen LogP contribution >= 0.6 is 0 Å². The van der Waals surface area contributed by atoms with Crippen LogP contribution in [0.25, 0.3) is 0 Å². The van der Waals surface area contributed by atoms with Gasteiger partial charge < -0.3 is 15.2 Å². The van der Waals surface area contributed by atoms with Crippen LogP contribution in [0.5, 0.6) is 0 Å². The molecule has 1 unspecified atom stereocenters. The predicted octanol–water partition coefficient (Wildman–Crippen LogP) is 2.14. The number of amides is 1. The number of rotatable bonds is 4. The first kappa shape index (κ1) is 21.4. The van der Waals surface area contributed by atoms with E-state index in [4.69, 9.17) is 14.2 Å². The van der Waals surface area contributed by atoms with Gasteiger partial charge in [-0.3, -0.25) is 9.37 Å². The van der Waals surface area contributed by atoms with Crippen molar-refractivity contribution < 1.29 is 37.3 Å². The molecule has 0 saturated carbocycles. The number of carbonyl (C=O) groups is 1. The summed E-state index contributed by atoms with van der Waals surface area (Å²) in [4.78, 5) is 16.7. The third-order valence-corrected chi connectivity index (χ3v) is 4.23. The molecular formula is C14H25F3NO5Si. The van der Waals surface area contributed by atoms with Crippen LogP contribution in [0, 0.1) is 5.41 Å². The minimum absolute atomic E-state index is 0.182. The zero-order chi connectivity index (χ0) is 18.9. The normalized spacial score (nSPS) is 32.0.